The molecular weight excluding hydrogens is 328 g/mol. The van der Waals surface area contributed by atoms with E-state index in [0.717, 1.165) is 12.8 Å². The molecule has 0 saturated carbocycles. The van der Waals surface area contributed by atoms with E-state index in [9.17, 15) is 20.4 Å². The van der Waals surface area contributed by atoms with E-state index in [0.29, 0.717) is 24.7 Å². The summed E-state index contributed by atoms with van der Waals surface area (Å²) in [4.78, 5) is 0. The molecule has 0 amide bonds. The molecule has 0 aromatic rings. The molecule has 4 unspecified atom stereocenters. The van der Waals surface area contributed by atoms with Crippen LogP contribution in [0, 0.1) is 34.5 Å². The third-order valence-electron chi connectivity index (χ3n) is 6.74. The predicted molar refractivity (Wildman–Crippen MR) is 109 cm³/mol. The molecule has 0 aliphatic rings. The highest BCUT2D eigenvalue weighted by molar-refractivity contribution is 5.00. The van der Waals surface area contributed by atoms with Gasteiger partial charge in [-0.25, -0.2) is 0 Å². The minimum Gasteiger partial charge on any atom is -0.396 e. The molecule has 0 radical (unpaired) electrons. The molecule has 4 nitrogen and oxygen atoms in total. The van der Waals surface area contributed by atoms with Crippen LogP contribution >= 0.6 is 0 Å². The lowest BCUT2D eigenvalue weighted by atomic mass is 9.60. The smallest absolute Gasteiger partial charge is 0.0885 e. The van der Waals surface area contributed by atoms with E-state index in [1.54, 1.807) is 0 Å². The Labute approximate surface area is 162 Å². The van der Waals surface area contributed by atoms with Crippen molar-refractivity contribution in [1.29, 1.82) is 0 Å². The molecule has 0 aromatic heterocycles. The van der Waals surface area contributed by atoms with Crippen LogP contribution in [0.4, 0.5) is 0 Å². The Bertz CT molecular complexity index is 344. The van der Waals surface area contributed by atoms with Crippen molar-refractivity contribution in [1.82, 2.24) is 0 Å². The minimum absolute atomic E-state index is 0.0181. The molecule has 4 atom stereocenters. The topological polar surface area (TPSA) is 80.9 Å². The van der Waals surface area contributed by atoms with E-state index in [4.69, 9.17) is 0 Å². The summed E-state index contributed by atoms with van der Waals surface area (Å²) < 4.78 is 0. The van der Waals surface area contributed by atoms with Crippen LogP contribution in [0.15, 0.2) is 0 Å². The zero-order valence-electron chi connectivity index (χ0n) is 18.5. The van der Waals surface area contributed by atoms with Crippen LogP contribution in [0.3, 0.4) is 0 Å². The molecule has 4 N–H and O–H groups in total. The summed E-state index contributed by atoms with van der Waals surface area (Å²) in [7, 11) is 0. The Morgan fingerprint density at radius 2 is 0.846 bits per heavy atom. The van der Waals surface area contributed by atoms with Crippen molar-refractivity contribution in [3.8, 4) is 0 Å². The van der Waals surface area contributed by atoms with E-state index in [1.807, 2.05) is 27.7 Å². The zero-order chi connectivity index (χ0) is 20.7. The monoisotopic (exact) mass is 374 g/mol. The van der Waals surface area contributed by atoms with Crippen LogP contribution in [0.1, 0.15) is 81.1 Å². The van der Waals surface area contributed by atoms with Gasteiger partial charge < -0.3 is 20.4 Å². The number of aliphatic hydroxyl groups is 4. The maximum absolute atomic E-state index is 11.3. The summed E-state index contributed by atoms with van der Waals surface area (Å²) in [5.41, 5.74) is -1.53. The van der Waals surface area contributed by atoms with Gasteiger partial charge in [-0.2, -0.15) is 0 Å². The Hall–Kier alpha value is -0.160. The molecule has 0 heterocycles. The van der Waals surface area contributed by atoms with E-state index < -0.39 is 23.0 Å². The van der Waals surface area contributed by atoms with Crippen LogP contribution in [0.5, 0.6) is 0 Å². The van der Waals surface area contributed by atoms with E-state index in [2.05, 4.69) is 27.7 Å². The molecule has 0 bridgehead atoms. The highest BCUT2D eigenvalue weighted by atomic mass is 16.3. The van der Waals surface area contributed by atoms with Gasteiger partial charge in [0.2, 0.25) is 0 Å². The molecule has 158 valence electrons. The highest BCUT2D eigenvalue weighted by Crippen LogP contribution is 2.46. The van der Waals surface area contributed by atoms with Crippen molar-refractivity contribution in [2.45, 2.75) is 93.3 Å². The lowest BCUT2D eigenvalue weighted by Crippen LogP contribution is -2.57. The molecule has 0 fully saturated rings. The summed E-state index contributed by atoms with van der Waals surface area (Å²) in [6, 6.07) is 0. The maximum Gasteiger partial charge on any atom is 0.0885 e. The molecule has 0 rings (SSSR count). The number of rotatable bonds is 13. The third kappa shape index (κ3) is 5.92. The van der Waals surface area contributed by atoms with E-state index in [1.165, 1.54) is 0 Å². The van der Waals surface area contributed by atoms with E-state index >= 15 is 0 Å². The summed E-state index contributed by atoms with van der Waals surface area (Å²) >= 11 is 0. The van der Waals surface area contributed by atoms with Crippen molar-refractivity contribution in [3.63, 3.8) is 0 Å². The van der Waals surface area contributed by atoms with Gasteiger partial charge >= 0.3 is 0 Å². The number of hydrogen-bond acceptors (Lipinski definition) is 4. The first-order valence-corrected chi connectivity index (χ1v) is 10.5. The molecule has 0 saturated heterocycles. The third-order valence-corrected chi connectivity index (χ3v) is 6.74. The zero-order valence-corrected chi connectivity index (χ0v) is 18.5. The van der Waals surface area contributed by atoms with Gasteiger partial charge in [0.25, 0.3) is 0 Å². The highest BCUT2D eigenvalue weighted by Gasteiger charge is 2.51. The van der Waals surface area contributed by atoms with Crippen LogP contribution in [-0.4, -0.2) is 45.8 Å². The lowest BCUT2D eigenvalue weighted by Gasteiger charge is -2.49. The summed E-state index contributed by atoms with van der Waals surface area (Å²) in [6.07, 6.45) is 0.910. The second-order valence-electron chi connectivity index (χ2n) is 9.85. The van der Waals surface area contributed by atoms with Crippen molar-refractivity contribution >= 4 is 0 Å². The van der Waals surface area contributed by atoms with Crippen LogP contribution in [0.25, 0.3) is 0 Å². The Morgan fingerprint density at radius 1 is 0.577 bits per heavy atom. The Balaban J connectivity index is 5.84. The second kappa shape index (κ2) is 11.0. The SMILES string of the molecule is CC(C)CCC(CO)(C(C)C)C(O)C(O)C(CO)(CCC(C)C)C(C)C. The molecule has 0 aliphatic carbocycles. The largest absolute Gasteiger partial charge is 0.396 e. The minimum atomic E-state index is -1.08. The first-order chi connectivity index (χ1) is 11.9. The Morgan fingerprint density at radius 3 is 1.00 bits per heavy atom. The molecule has 0 aromatic carbocycles. The van der Waals surface area contributed by atoms with Gasteiger partial charge in [-0.3, -0.25) is 0 Å². The summed E-state index contributed by atoms with van der Waals surface area (Å²) in [5.74, 6) is 0.949. The van der Waals surface area contributed by atoms with Gasteiger partial charge in [-0.1, -0.05) is 68.2 Å². The lowest BCUT2D eigenvalue weighted by molar-refractivity contribution is -0.175. The fourth-order valence-corrected chi connectivity index (χ4v) is 4.01. The fraction of sp³-hybridized carbons (Fsp3) is 1.00. The average Bonchev–Trinajstić information content (AvgIpc) is 2.55. The first kappa shape index (κ1) is 25.8. The van der Waals surface area contributed by atoms with Gasteiger partial charge in [-0.05, 0) is 36.5 Å². The summed E-state index contributed by atoms with van der Waals surface area (Å²) in [5, 5.41) is 43.0. The standard InChI is InChI=1S/C22H46O4/c1-15(2)9-11-21(13-23,17(5)6)19(25)20(26)22(14-24,18(7)8)12-10-16(3)4/h15-20,23-26H,9-14H2,1-8H3. The average molecular weight is 375 g/mol. The first-order valence-electron chi connectivity index (χ1n) is 10.5. The Kier molecular flexibility index (Phi) is 10.9. The van der Waals surface area contributed by atoms with Gasteiger partial charge in [0.05, 0.1) is 25.4 Å². The number of aliphatic hydroxyl groups excluding tert-OH is 4. The molecule has 26 heavy (non-hydrogen) atoms. The van der Waals surface area contributed by atoms with Crippen molar-refractivity contribution < 1.29 is 20.4 Å². The van der Waals surface area contributed by atoms with Crippen molar-refractivity contribution in [3.05, 3.63) is 0 Å². The molecule has 0 spiro atoms. The quantitative estimate of drug-likeness (QED) is 0.395. The van der Waals surface area contributed by atoms with Crippen LogP contribution < -0.4 is 0 Å². The van der Waals surface area contributed by atoms with Gasteiger partial charge in [-0.15, -0.1) is 0 Å². The second-order valence-corrected chi connectivity index (χ2v) is 9.85. The van der Waals surface area contributed by atoms with Crippen LogP contribution in [-0.2, 0) is 0 Å². The van der Waals surface area contributed by atoms with Gasteiger partial charge in [0, 0.05) is 10.8 Å². The summed E-state index contributed by atoms with van der Waals surface area (Å²) in [6.45, 7) is 16.2. The molecule has 4 heteroatoms. The van der Waals surface area contributed by atoms with Crippen LogP contribution in [0.2, 0.25) is 0 Å². The van der Waals surface area contributed by atoms with Gasteiger partial charge in [0.15, 0.2) is 0 Å². The maximum atomic E-state index is 11.3. The molecule has 0 aliphatic heterocycles. The molecular formula is C22H46O4. The normalized spacial score (nSPS) is 19.8. The fourth-order valence-electron chi connectivity index (χ4n) is 4.01. The number of hydrogen-bond donors (Lipinski definition) is 4. The predicted octanol–water partition coefficient (Wildman–Crippen LogP) is 3.85. The van der Waals surface area contributed by atoms with E-state index in [-0.39, 0.29) is 25.0 Å². The van der Waals surface area contributed by atoms with Crippen molar-refractivity contribution in [2.24, 2.45) is 34.5 Å². The van der Waals surface area contributed by atoms with Gasteiger partial charge in [0.1, 0.15) is 0 Å². The van der Waals surface area contributed by atoms with Crippen molar-refractivity contribution in [2.75, 3.05) is 13.2 Å².